The summed E-state index contributed by atoms with van der Waals surface area (Å²) < 4.78 is 16.9. The fraction of sp³-hybridized carbons (Fsp3) is 0.217. The summed E-state index contributed by atoms with van der Waals surface area (Å²) >= 11 is 0. The van der Waals surface area contributed by atoms with Crippen LogP contribution >= 0.6 is 0 Å². The zero-order valence-corrected chi connectivity index (χ0v) is 15.4. The van der Waals surface area contributed by atoms with Gasteiger partial charge in [0.05, 0.1) is 17.2 Å². The van der Waals surface area contributed by atoms with E-state index < -0.39 is 24.1 Å². The van der Waals surface area contributed by atoms with Gasteiger partial charge in [0.25, 0.3) is 0 Å². The Hall–Kier alpha value is -3.18. The first kappa shape index (κ1) is 19.6. The molecule has 0 spiro atoms. The molecule has 5 nitrogen and oxygen atoms in total. The third kappa shape index (κ3) is 5.18. The smallest absolute Gasteiger partial charge is 0.338 e. The molecule has 2 aromatic carbocycles. The van der Waals surface area contributed by atoms with Crippen molar-refractivity contribution in [2.24, 2.45) is 0 Å². The van der Waals surface area contributed by atoms with Crippen LogP contribution < -0.4 is 0 Å². The standard InChI is InChI=1S/C23H22O5/c1-2-9-19-14-15-20(28-23(25)18-12-7-4-8-13-18)21(27-19)16-26-22(24)17-10-5-3-6-11-17/h2-8,10-15,19-21H,1,9,16H2/t19-,20-,21+/m0/s1. The zero-order chi connectivity index (χ0) is 19.8. The van der Waals surface area contributed by atoms with Gasteiger partial charge < -0.3 is 14.2 Å². The Morgan fingerprint density at radius 1 is 0.929 bits per heavy atom. The van der Waals surface area contributed by atoms with Crippen molar-refractivity contribution in [3.8, 4) is 0 Å². The molecule has 28 heavy (non-hydrogen) atoms. The predicted octanol–water partition coefficient (Wildman–Crippen LogP) is 3.97. The zero-order valence-electron chi connectivity index (χ0n) is 15.4. The monoisotopic (exact) mass is 378 g/mol. The molecular formula is C23H22O5. The van der Waals surface area contributed by atoms with Gasteiger partial charge in [-0.1, -0.05) is 48.6 Å². The maximum Gasteiger partial charge on any atom is 0.338 e. The summed E-state index contributed by atoms with van der Waals surface area (Å²) in [6, 6.07) is 17.4. The normalized spacial score (nSPS) is 20.9. The first-order chi connectivity index (χ1) is 13.7. The molecule has 1 aliphatic rings. The van der Waals surface area contributed by atoms with Crippen LogP contribution in [0.3, 0.4) is 0 Å². The summed E-state index contributed by atoms with van der Waals surface area (Å²) in [4.78, 5) is 24.6. The van der Waals surface area contributed by atoms with Crippen LogP contribution in [0.5, 0.6) is 0 Å². The molecule has 0 saturated carbocycles. The lowest BCUT2D eigenvalue weighted by atomic mass is 10.1. The van der Waals surface area contributed by atoms with Crippen LogP contribution in [-0.2, 0) is 14.2 Å². The Labute approximate surface area is 164 Å². The second-order valence-corrected chi connectivity index (χ2v) is 6.32. The molecule has 0 radical (unpaired) electrons. The minimum Gasteiger partial charge on any atom is -0.459 e. The fourth-order valence-electron chi connectivity index (χ4n) is 2.83. The van der Waals surface area contributed by atoms with Gasteiger partial charge in [0.2, 0.25) is 0 Å². The third-order valence-corrected chi connectivity index (χ3v) is 4.27. The van der Waals surface area contributed by atoms with E-state index in [4.69, 9.17) is 14.2 Å². The lowest BCUT2D eigenvalue weighted by Gasteiger charge is -2.31. The topological polar surface area (TPSA) is 61.8 Å². The van der Waals surface area contributed by atoms with Crippen LogP contribution in [0.1, 0.15) is 27.1 Å². The lowest BCUT2D eigenvalue weighted by molar-refractivity contribution is -0.0882. The number of rotatable bonds is 7. The SMILES string of the molecule is C=CC[C@H]1C=C[C@H](OC(=O)c2ccccc2)[C@@H](COC(=O)c2ccccc2)O1. The van der Waals surface area contributed by atoms with Crippen LogP contribution in [0.15, 0.2) is 85.5 Å². The molecule has 0 aromatic heterocycles. The van der Waals surface area contributed by atoms with E-state index in [0.29, 0.717) is 17.5 Å². The average molecular weight is 378 g/mol. The van der Waals surface area contributed by atoms with Gasteiger partial charge in [-0.2, -0.15) is 0 Å². The van der Waals surface area contributed by atoms with E-state index in [0.717, 1.165) is 0 Å². The molecule has 1 heterocycles. The fourth-order valence-corrected chi connectivity index (χ4v) is 2.83. The molecule has 0 fully saturated rings. The van der Waals surface area contributed by atoms with E-state index >= 15 is 0 Å². The molecule has 0 saturated heterocycles. The van der Waals surface area contributed by atoms with Crippen LogP contribution in [0, 0.1) is 0 Å². The Morgan fingerprint density at radius 2 is 1.54 bits per heavy atom. The second-order valence-electron chi connectivity index (χ2n) is 6.32. The van der Waals surface area contributed by atoms with Gasteiger partial charge in [-0.25, -0.2) is 9.59 Å². The van der Waals surface area contributed by atoms with Crippen LogP contribution in [0.2, 0.25) is 0 Å². The Morgan fingerprint density at radius 3 is 2.14 bits per heavy atom. The number of esters is 2. The number of benzene rings is 2. The summed E-state index contributed by atoms with van der Waals surface area (Å²) in [6.07, 6.45) is 4.51. The molecule has 3 atom stereocenters. The first-order valence-electron chi connectivity index (χ1n) is 9.10. The van der Waals surface area contributed by atoms with Crippen molar-refractivity contribution >= 4 is 11.9 Å². The van der Waals surface area contributed by atoms with Crippen LogP contribution in [-0.4, -0.2) is 36.9 Å². The van der Waals surface area contributed by atoms with E-state index in [9.17, 15) is 9.59 Å². The molecule has 0 bridgehead atoms. The highest BCUT2D eigenvalue weighted by molar-refractivity contribution is 5.90. The molecule has 1 aliphatic heterocycles. The van der Waals surface area contributed by atoms with Gasteiger partial charge in [0, 0.05) is 0 Å². The third-order valence-electron chi connectivity index (χ3n) is 4.27. The molecule has 5 heteroatoms. The minimum atomic E-state index is -0.655. The maximum atomic E-state index is 12.4. The number of carbonyl (C=O) groups is 2. The molecule has 0 N–H and O–H groups in total. The van der Waals surface area contributed by atoms with Gasteiger partial charge in [0.15, 0.2) is 0 Å². The summed E-state index contributed by atoms with van der Waals surface area (Å²) in [5.41, 5.74) is 0.901. The summed E-state index contributed by atoms with van der Waals surface area (Å²) in [5.74, 6) is -0.910. The quantitative estimate of drug-likeness (QED) is 0.539. The van der Waals surface area contributed by atoms with E-state index in [1.807, 2.05) is 18.2 Å². The van der Waals surface area contributed by atoms with Crippen molar-refractivity contribution < 1.29 is 23.8 Å². The second kappa shape index (κ2) is 9.67. The summed E-state index contributed by atoms with van der Waals surface area (Å²) in [7, 11) is 0. The Balaban J connectivity index is 1.67. The number of hydrogen-bond acceptors (Lipinski definition) is 5. The largest absolute Gasteiger partial charge is 0.459 e. The van der Waals surface area contributed by atoms with Gasteiger partial charge in [-0.3, -0.25) is 0 Å². The maximum absolute atomic E-state index is 12.4. The lowest BCUT2D eigenvalue weighted by Crippen LogP contribution is -2.41. The van der Waals surface area contributed by atoms with Crippen molar-refractivity contribution in [3.63, 3.8) is 0 Å². The molecule has 0 amide bonds. The van der Waals surface area contributed by atoms with Crippen molar-refractivity contribution in [2.75, 3.05) is 6.61 Å². The highest BCUT2D eigenvalue weighted by atomic mass is 16.6. The number of carbonyl (C=O) groups excluding carboxylic acids is 2. The van der Waals surface area contributed by atoms with E-state index in [1.165, 1.54) is 0 Å². The number of ether oxygens (including phenoxy) is 3. The molecular weight excluding hydrogens is 356 g/mol. The Bertz CT molecular complexity index is 829. The molecule has 0 unspecified atom stereocenters. The highest BCUT2D eigenvalue weighted by Gasteiger charge is 2.31. The van der Waals surface area contributed by atoms with Crippen molar-refractivity contribution in [3.05, 3.63) is 96.6 Å². The molecule has 2 aromatic rings. The predicted molar refractivity (Wildman–Crippen MR) is 105 cm³/mol. The molecule has 0 aliphatic carbocycles. The van der Waals surface area contributed by atoms with Crippen molar-refractivity contribution in [2.45, 2.75) is 24.7 Å². The first-order valence-corrected chi connectivity index (χ1v) is 9.10. The Kier molecular flexibility index (Phi) is 6.76. The van der Waals surface area contributed by atoms with Crippen molar-refractivity contribution in [1.29, 1.82) is 0 Å². The molecule has 3 rings (SSSR count). The van der Waals surface area contributed by atoms with Gasteiger partial charge in [0.1, 0.15) is 18.8 Å². The number of hydrogen-bond donors (Lipinski definition) is 0. The van der Waals surface area contributed by atoms with Gasteiger partial charge in [-0.05, 0) is 36.8 Å². The minimum absolute atomic E-state index is 0.0293. The van der Waals surface area contributed by atoms with E-state index in [-0.39, 0.29) is 12.7 Å². The highest BCUT2D eigenvalue weighted by Crippen LogP contribution is 2.20. The van der Waals surface area contributed by atoms with E-state index in [2.05, 4.69) is 6.58 Å². The van der Waals surface area contributed by atoms with E-state index in [1.54, 1.807) is 60.7 Å². The summed E-state index contributed by atoms with van der Waals surface area (Å²) in [5, 5.41) is 0. The molecule has 144 valence electrons. The van der Waals surface area contributed by atoms with Crippen LogP contribution in [0.25, 0.3) is 0 Å². The average Bonchev–Trinajstić information content (AvgIpc) is 2.75. The van der Waals surface area contributed by atoms with Gasteiger partial charge in [-0.15, -0.1) is 6.58 Å². The summed E-state index contributed by atoms with van der Waals surface area (Å²) in [6.45, 7) is 3.69. The van der Waals surface area contributed by atoms with Crippen molar-refractivity contribution in [1.82, 2.24) is 0 Å². The van der Waals surface area contributed by atoms with Gasteiger partial charge >= 0.3 is 11.9 Å². The van der Waals surface area contributed by atoms with Crippen LogP contribution in [0.4, 0.5) is 0 Å².